The first-order valence-corrected chi connectivity index (χ1v) is 3.70. The van der Waals surface area contributed by atoms with Crippen LogP contribution in [-0.2, 0) is 9.47 Å². The maximum absolute atomic E-state index is 5.35. The van der Waals surface area contributed by atoms with Gasteiger partial charge in [0.05, 0.1) is 13.2 Å². The van der Waals surface area contributed by atoms with Crippen molar-refractivity contribution < 1.29 is 9.47 Å². The Labute approximate surface area is 61.7 Å². The zero-order valence-corrected chi connectivity index (χ0v) is 6.59. The highest BCUT2D eigenvalue weighted by molar-refractivity contribution is 4.58. The molecule has 1 heterocycles. The number of hydrogen-bond donors (Lipinski definition) is 1. The van der Waals surface area contributed by atoms with Gasteiger partial charge in [-0.05, 0) is 7.05 Å². The Kier molecular flexibility index (Phi) is 3.12. The van der Waals surface area contributed by atoms with Gasteiger partial charge < -0.3 is 14.8 Å². The summed E-state index contributed by atoms with van der Waals surface area (Å²) in [7, 11) is 1.89. The fourth-order valence-electron chi connectivity index (χ4n) is 0.924. The second-order valence-corrected chi connectivity index (χ2v) is 2.76. The number of rotatable bonds is 2. The summed E-state index contributed by atoms with van der Waals surface area (Å²) in [5, 5.41) is 3.00. The van der Waals surface area contributed by atoms with Crippen LogP contribution in [0.15, 0.2) is 0 Å². The summed E-state index contributed by atoms with van der Waals surface area (Å²) in [5.41, 5.74) is 0. The summed E-state index contributed by atoms with van der Waals surface area (Å²) in [4.78, 5) is 0. The number of nitrogens with one attached hydrogen (secondary N) is 1. The van der Waals surface area contributed by atoms with E-state index in [0.717, 1.165) is 19.8 Å². The average molecular weight is 145 g/mol. The SMILES string of the molecule is CNCC1OCC(C)CO1. The van der Waals surface area contributed by atoms with Gasteiger partial charge in [0.25, 0.3) is 0 Å². The molecule has 1 rings (SSSR count). The smallest absolute Gasteiger partial charge is 0.169 e. The van der Waals surface area contributed by atoms with Gasteiger partial charge in [-0.3, -0.25) is 0 Å². The van der Waals surface area contributed by atoms with E-state index in [1.54, 1.807) is 0 Å². The van der Waals surface area contributed by atoms with Crippen LogP contribution in [0.2, 0.25) is 0 Å². The first-order chi connectivity index (χ1) is 4.83. The maximum Gasteiger partial charge on any atom is 0.169 e. The topological polar surface area (TPSA) is 30.5 Å². The van der Waals surface area contributed by atoms with Gasteiger partial charge in [-0.1, -0.05) is 6.92 Å². The summed E-state index contributed by atoms with van der Waals surface area (Å²) in [6.45, 7) is 4.56. The van der Waals surface area contributed by atoms with Crippen molar-refractivity contribution in [3.63, 3.8) is 0 Å². The molecule has 10 heavy (non-hydrogen) atoms. The van der Waals surface area contributed by atoms with Crippen molar-refractivity contribution in [1.29, 1.82) is 0 Å². The highest BCUT2D eigenvalue weighted by Gasteiger charge is 2.17. The van der Waals surface area contributed by atoms with Gasteiger partial charge in [0.2, 0.25) is 0 Å². The van der Waals surface area contributed by atoms with Crippen LogP contribution in [0.25, 0.3) is 0 Å². The van der Waals surface area contributed by atoms with E-state index < -0.39 is 0 Å². The molecular formula is C7H15NO2. The van der Waals surface area contributed by atoms with Crippen molar-refractivity contribution in [2.75, 3.05) is 26.8 Å². The van der Waals surface area contributed by atoms with Crippen LogP contribution in [0.5, 0.6) is 0 Å². The monoisotopic (exact) mass is 145 g/mol. The molecule has 1 fully saturated rings. The van der Waals surface area contributed by atoms with Gasteiger partial charge in [0.15, 0.2) is 6.29 Å². The molecular weight excluding hydrogens is 130 g/mol. The molecule has 0 aromatic heterocycles. The lowest BCUT2D eigenvalue weighted by Gasteiger charge is -2.26. The predicted molar refractivity (Wildman–Crippen MR) is 38.8 cm³/mol. The number of hydrogen-bond acceptors (Lipinski definition) is 3. The fourth-order valence-corrected chi connectivity index (χ4v) is 0.924. The first-order valence-electron chi connectivity index (χ1n) is 3.70. The summed E-state index contributed by atoms with van der Waals surface area (Å²) >= 11 is 0. The zero-order valence-electron chi connectivity index (χ0n) is 6.59. The molecule has 1 saturated heterocycles. The molecule has 0 unspecified atom stereocenters. The van der Waals surface area contributed by atoms with Crippen LogP contribution in [0, 0.1) is 5.92 Å². The van der Waals surface area contributed by atoms with Crippen molar-refractivity contribution in [1.82, 2.24) is 5.32 Å². The normalized spacial score (nSPS) is 34.2. The van der Waals surface area contributed by atoms with Crippen LogP contribution in [0.4, 0.5) is 0 Å². The molecule has 1 aliphatic rings. The largest absolute Gasteiger partial charge is 0.351 e. The van der Waals surface area contributed by atoms with Gasteiger partial charge in [0.1, 0.15) is 0 Å². The molecule has 0 spiro atoms. The minimum Gasteiger partial charge on any atom is -0.351 e. The van der Waals surface area contributed by atoms with Gasteiger partial charge in [-0.2, -0.15) is 0 Å². The Morgan fingerprint density at radius 1 is 1.40 bits per heavy atom. The van der Waals surface area contributed by atoms with E-state index in [4.69, 9.17) is 9.47 Å². The Bertz CT molecular complexity index is 89.6. The molecule has 3 nitrogen and oxygen atoms in total. The molecule has 3 heteroatoms. The third-order valence-electron chi connectivity index (χ3n) is 1.50. The highest BCUT2D eigenvalue weighted by Crippen LogP contribution is 2.08. The van der Waals surface area contributed by atoms with Crippen LogP contribution in [-0.4, -0.2) is 33.1 Å². The lowest BCUT2D eigenvalue weighted by molar-refractivity contribution is -0.193. The fraction of sp³-hybridized carbons (Fsp3) is 1.00. The lowest BCUT2D eigenvalue weighted by atomic mass is 10.2. The van der Waals surface area contributed by atoms with Gasteiger partial charge in [-0.25, -0.2) is 0 Å². The van der Waals surface area contributed by atoms with E-state index in [1.165, 1.54) is 0 Å². The molecule has 0 bridgehead atoms. The molecule has 1 aliphatic heterocycles. The Hall–Kier alpha value is -0.120. The third kappa shape index (κ3) is 2.25. The number of likely N-dealkylation sites (N-methyl/N-ethyl adjacent to an activating group) is 1. The maximum atomic E-state index is 5.35. The zero-order chi connectivity index (χ0) is 7.40. The van der Waals surface area contributed by atoms with Crippen LogP contribution < -0.4 is 5.32 Å². The van der Waals surface area contributed by atoms with Crippen molar-refractivity contribution >= 4 is 0 Å². The molecule has 0 radical (unpaired) electrons. The third-order valence-corrected chi connectivity index (χ3v) is 1.50. The van der Waals surface area contributed by atoms with Crippen molar-refractivity contribution in [3.8, 4) is 0 Å². The molecule has 0 saturated carbocycles. The van der Waals surface area contributed by atoms with Gasteiger partial charge >= 0.3 is 0 Å². The van der Waals surface area contributed by atoms with E-state index in [1.807, 2.05) is 7.05 Å². The van der Waals surface area contributed by atoms with Crippen molar-refractivity contribution in [2.45, 2.75) is 13.2 Å². The van der Waals surface area contributed by atoms with Gasteiger partial charge in [-0.15, -0.1) is 0 Å². The molecule has 0 amide bonds. The van der Waals surface area contributed by atoms with Crippen LogP contribution >= 0.6 is 0 Å². The summed E-state index contributed by atoms with van der Waals surface area (Å²) in [6.07, 6.45) is -0.0267. The minimum absolute atomic E-state index is 0.0267. The quantitative estimate of drug-likeness (QED) is 0.602. The van der Waals surface area contributed by atoms with Crippen molar-refractivity contribution in [2.24, 2.45) is 5.92 Å². The van der Waals surface area contributed by atoms with E-state index in [-0.39, 0.29) is 6.29 Å². The Balaban J connectivity index is 2.13. The van der Waals surface area contributed by atoms with E-state index in [0.29, 0.717) is 5.92 Å². The van der Waals surface area contributed by atoms with E-state index in [9.17, 15) is 0 Å². The molecule has 1 N–H and O–H groups in total. The Morgan fingerprint density at radius 3 is 2.50 bits per heavy atom. The molecule has 0 atom stereocenters. The molecule has 0 aromatic carbocycles. The lowest BCUT2D eigenvalue weighted by Crippen LogP contribution is -2.36. The van der Waals surface area contributed by atoms with Crippen LogP contribution in [0.1, 0.15) is 6.92 Å². The van der Waals surface area contributed by atoms with Gasteiger partial charge in [0, 0.05) is 12.5 Å². The second-order valence-electron chi connectivity index (χ2n) is 2.76. The van der Waals surface area contributed by atoms with E-state index in [2.05, 4.69) is 12.2 Å². The summed E-state index contributed by atoms with van der Waals surface area (Å²) in [5.74, 6) is 0.549. The minimum atomic E-state index is -0.0267. The molecule has 60 valence electrons. The number of ether oxygens (including phenoxy) is 2. The van der Waals surface area contributed by atoms with Crippen molar-refractivity contribution in [3.05, 3.63) is 0 Å². The summed E-state index contributed by atoms with van der Waals surface area (Å²) < 4.78 is 10.7. The molecule has 0 aliphatic carbocycles. The Morgan fingerprint density at radius 2 is 2.00 bits per heavy atom. The standard InChI is InChI=1S/C7H15NO2/c1-6-4-9-7(3-8-2)10-5-6/h6-8H,3-5H2,1-2H3. The highest BCUT2D eigenvalue weighted by atomic mass is 16.7. The van der Waals surface area contributed by atoms with E-state index >= 15 is 0 Å². The first kappa shape index (κ1) is 7.98. The second kappa shape index (κ2) is 3.91. The predicted octanol–water partition coefficient (Wildman–Crippen LogP) is 0.215. The molecule has 0 aromatic rings. The summed E-state index contributed by atoms with van der Waals surface area (Å²) in [6, 6.07) is 0. The average Bonchev–Trinajstić information content (AvgIpc) is 1.95. The van der Waals surface area contributed by atoms with Crippen LogP contribution in [0.3, 0.4) is 0 Å².